The molecule has 1 N–H and O–H groups in total. The van der Waals surface area contributed by atoms with Gasteiger partial charge in [0.15, 0.2) is 0 Å². The molecule has 5 nitrogen and oxygen atoms in total. The molecule has 2 saturated heterocycles. The second kappa shape index (κ2) is 7.88. The van der Waals surface area contributed by atoms with Gasteiger partial charge in [-0.1, -0.05) is 0 Å². The Morgan fingerprint density at radius 3 is 2.30 bits per heavy atom. The van der Waals surface area contributed by atoms with Crippen LogP contribution in [0.4, 0.5) is 0 Å². The Kier molecular flexibility index (Phi) is 6.16. The van der Waals surface area contributed by atoms with Crippen molar-refractivity contribution in [1.82, 2.24) is 9.80 Å². The molecule has 2 heterocycles. The van der Waals surface area contributed by atoms with Gasteiger partial charge in [-0.05, 0) is 44.7 Å². The standard InChI is InChI=1S/C14H24N2O3S/c17-13(10-20-11-14(18)19)16-7-3-12(4-8-16)9-15-5-1-2-6-15/h12H,1-11H2,(H,18,19). The number of amides is 1. The number of rotatable bonds is 6. The maximum Gasteiger partial charge on any atom is 0.313 e. The number of nitrogens with zero attached hydrogens (tertiary/aromatic N) is 2. The summed E-state index contributed by atoms with van der Waals surface area (Å²) in [5.41, 5.74) is 0. The van der Waals surface area contributed by atoms with E-state index in [2.05, 4.69) is 4.90 Å². The summed E-state index contributed by atoms with van der Waals surface area (Å²) in [7, 11) is 0. The summed E-state index contributed by atoms with van der Waals surface area (Å²) in [5.74, 6) is 0.270. The molecule has 6 heteroatoms. The van der Waals surface area contributed by atoms with Gasteiger partial charge in [-0.3, -0.25) is 9.59 Å². The molecule has 0 atom stereocenters. The minimum Gasteiger partial charge on any atom is -0.481 e. The Balaban J connectivity index is 1.62. The molecule has 0 spiro atoms. The monoisotopic (exact) mass is 300 g/mol. The van der Waals surface area contributed by atoms with Crippen molar-refractivity contribution in [2.45, 2.75) is 25.7 Å². The third-order valence-corrected chi connectivity index (χ3v) is 5.04. The molecule has 0 bridgehead atoms. The van der Waals surface area contributed by atoms with Crippen molar-refractivity contribution in [2.24, 2.45) is 5.92 Å². The van der Waals surface area contributed by atoms with Crippen LogP contribution in [0.1, 0.15) is 25.7 Å². The molecule has 1 amide bonds. The first-order chi connectivity index (χ1) is 9.65. The van der Waals surface area contributed by atoms with Gasteiger partial charge in [0.2, 0.25) is 5.91 Å². The van der Waals surface area contributed by atoms with E-state index >= 15 is 0 Å². The zero-order valence-electron chi connectivity index (χ0n) is 11.9. The Morgan fingerprint density at radius 1 is 1.05 bits per heavy atom. The lowest BCUT2D eigenvalue weighted by molar-refractivity contribution is -0.133. The van der Waals surface area contributed by atoms with Gasteiger partial charge in [0.25, 0.3) is 0 Å². The predicted molar refractivity (Wildman–Crippen MR) is 79.9 cm³/mol. The highest BCUT2D eigenvalue weighted by Gasteiger charge is 2.25. The number of aliphatic carboxylic acids is 1. The van der Waals surface area contributed by atoms with E-state index in [4.69, 9.17) is 5.11 Å². The van der Waals surface area contributed by atoms with Gasteiger partial charge in [0.05, 0.1) is 11.5 Å². The van der Waals surface area contributed by atoms with Gasteiger partial charge in [-0.15, -0.1) is 11.8 Å². The first kappa shape index (κ1) is 15.6. The van der Waals surface area contributed by atoms with E-state index in [0.717, 1.165) is 31.8 Å². The fourth-order valence-electron chi connectivity index (χ4n) is 3.01. The normalized spacial score (nSPS) is 21.3. The van der Waals surface area contributed by atoms with E-state index in [9.17, 15) is 9.59 Å². The molecule has 0 saturated carbocycles. The molecular weight excluding hydrogens is 276 g/mol. The van der Waals surface area contributed by atoms with Crippen LogP contribution in [0.25, 0.3) is 0 Å². The number of likely N-dealkylation sites (tertiary alicyclic amines) is 2. The second-order valence-corrected chi connectivity index (χ2v) is 6.70. The summed E-state index contributed by atoms with van der Waals surface area (Å²) in [5, 5.41) is 8.56. The Labute approximate surface area is 124 Å². The van der Waals surface area contributed by atoms with Crippen LogP contribution in [0, 0.1) is 5.92 Å². The largest absolute Gasteiger partial charge is 0.481 e. The number of piperidine rings is 1. The third kappa shape index (κ3) is 4.98. The molecular formula is C14H24N2O3S. The van der Waals surface area contributed by atoms with Crippen molar-refractivity contribution in [1.29, 1.82) is 0 Å². The van der Waals surface area contributed by atoms with Crippen molar-refractivity contribution in [3.63, 3.8) is 0 Å². The van der Waals surface area contributed by atoms with Crippen molar-refractivity contribution >= 4 is 23.6 Å². The average Bonchev–Trinajstić information content (AvgIpc) is 2.92. The number of carboxylic acid groups (broad SMARTS) is 1. The maximum absolute atomic E-state index is 11.9. The van der Waals surface area contributed by atoms with Gasteiger partial charge in [0.1, 0.15) is 0 Å². The summed E-state index contributed by atoms with van der Waals surface area (Å²) in [6.45, 7) is 5.35. The summed E-state index contributed by atoms with van der Waals surface area (Å²) >= 11 is 1.19. The minimum atomic E-state index is -0.855. The van der Waals surface area contributed by atoms with E-state index in [1.165, 1.54) is 44.2 Å². The van der Waals surface area contributed by atoms with Crippen molar-refractivity contribution in [3.05, 3.63) is 0 Å². The molecule has 2 aliphatic heterocycles. The average molecular weight is 300 g/mol. The first-order valence-corrected chi connectivity index (χ1v) is 8.60. The maximum atomic E-state index is 11.9. The number of carboxylic acids is 1. The van der Waals surface area contributed by atoms with Crippen LogP contribution in [0.3, 0.4) is 0 Å². The van der Waals surface area contributed by atoms with Crippen molar-refractivity contribution < 1.29 is 14.7 Å². The smallest absolute Gasteiger partial charge is 0.313 e. The summed E-state index contributed by atoms with van der Waals surface area (Å²) in [6.07, 6.45) is 4.84. The lowest BCUT2D eigenvalue weighted by Gasteiger charge is -2.33. The lowest BCUT2D eigenvalue weighted by Crippen LogP contribution is -2.42. The highest BCUT2D eigenvalue weighted by molar-refractivity contribution is 8.00. The van der Waals surface area contributed by atoms with E-state index in [0.29, 0.717) is 5.75 Å². The fraction of sp³-hybridized carbons (Fsp3) is 0.857. The van der Waals surface area contributed by atoms with Gasteiger partial charge in [-0.2, -0.15) is 0 Å². The highest BCUT2D eigenvalue weighted by atomic mass is 32.2. The number of hydrogen-bond donors (Lipinski definition) is 1. The van der Waals surface area contributed by atoms with E-state index in [1.54, 1.807) is 0 Å². The van der Waals surface area contributed by atoms with Crippen molar-refractivity contribution in [3.8, 4) is 0 Å². The predicted octanol–water partition coefficient (Wildman–Crippen LogP) is 1.14. The minimum absolute atomic E-state index is 0.0111. The van der Waals surface area contributed by atoms with Crippen LogP contribution < -0.4 is 0 Å². The molecule has 2 fully saturated rings. The molecule has 0 aliphatic carbocycles. The van der Waals surface area contributed by atoms with Crippen LogP contribution >= 0.6 is 11.8 Å². The van der Waals surface area contributed by atoms with Crippen LogP contribution in [-0.2, 0) is 9.59 Å². The van der Waals surface area contributed by atoms with Crippen LogP contribution in [0.2, 0.25) is 0 Å². The molecule has 20 heavy (non-hydrogen) atoms. The number of carbonyl (C=O) groups excluding carboxylic acids is 1. The molecule has 0 aromatic carbocycles. The summed E-state index contributed by atoms with van der Waals surface area (Å²) in [4.78, 5) is 26.8. The molecule has 0 aromatic heterocycles. The molecule has 0 aromatic rings. The summed E-state index contributed by atoms with van der Waals surface area (Å²) in [6, 6.07) is 0. The number of carbonyl (C=O) groups is 2. The van der Waals surface area contributed by atoms with Gasteiger partial charge in [0, 0.05) is 19.6 Å². The number of thioether (sulfide) groups is 1. The Hall–Kier alpha value is -0.750. The van der Waals surface area contributed by atoms with E-state index in [-0.39, 0.29) is 11.7 Å². The number of hydrogen-bond acceptors (Lipinski definition) is 4. The fourth-order valence-corrected chi connectivity index (χ4v) is 3.65. The Bertz CT molecular complexity index is 337. The highest BCUT2D eigenvalue weighted by Crippen LogP contribution is 2.21. The quantitative estimate of drug-likeness (QED) is 0.797. The topological polar surface area (TPSA) is 60.9 Å². The zero-order valence-corrected chi connectivity index (χ0v) is 12.7. The molecule has 114 valence electrons. The summed E-state index contributed by atoms with van der Waals surface area (Å²) < 4.78 is 0. The van der Waals surface area contributed by atoms with Crippen LogP contribution in [0.5, 0.6) is 0 Å². The lowest BCUT2D eigenvalue weighted by atomic mass is 9.96. The Morgan fingerprint density at radius 2 is 1.70 bits per heavy atom. The second-order valence-electron chi connectivity index (χ2n) is 5.72. The van der Waals surface area contributed by atoms with Gasteiger partial charge >= 0.3 is 5.97 Å². The molecule has 0 unspecified atom stereocenters. The van der Waals surface area contributed by atoms with E-state index in [1.807, 2.05) is 4.90 Å². The molecule has 2 aliphatic rings. The first-order valence-electron chi connectivity index (χ1n) is 7.45. The molecule has 2 rings (SSSR count). The van der Waals surface area contributed by atoms with Crippen LogP contribution in [-0.4, -0.2) is 71.0 Å². The SMILES string of the molecule is O=C(O)CSCC(=O)N1CCC(CN2CCCC2)CC1. The third-order valence-electron chi connectivity index (χ3n) is 4.13. The van der Waals surface area contributed by atoms with E-state index < -0.39 is 5.97 Å². The van der Waals surface area contributed by atoms with Gasteiger partial charge < -0.3 is 14.9 Å². The van der Waals surface area contributed by atoms with Crippen LogP contribution in [0.15, 0.2) is 0 Å². The van der Waals surface area contributed by atoms with Gasteiger partial charge in [-0.25, -0.2) is 0 Å². The molecule has 0 radical (unpaired) electrons. The zero-order chi connectivity index (χ0) is 14.4. The van der Waals surface area contributed by atoms with Crippen molar-refractivity contribution in [2.75, 3.05) is 44.2 Å².